The Morgan fingerprint density at radius 1 is 1.43 bits per heavy atom. The molecule has 1 N–H and O–H groups in total. The predicted molar refractivity (Wildman–Crippen MR) is 56.4 cm³/mol. The van der Waals surface area contributed by atoms with Gasteiger partial charge in [-0.3, -0.25) is 0 Å². The normalized spacial score (nSPS) is 10.5. The number of hydrogen-bond acceptors (Lipinski definition) is 1. The van der Waals surface area contributed by atoms with E-state index in [0.29, 0.717) is 11.4 Å². The molecule has 0 saturated heterocycles. The molecule has 0 saturated carbocycles. The Morgan fingerprint density at radius 2 is 2.21 bits per heavy atom. The molecular formula is C10H8BrFN2. The average molecular weight is 255 g/mol. The molecule has 2 aromatic rings. The highest BCUT2D eigenvalue weighted by atomic mass is 79.9. The molecule has 0 radical (unpaired) electrons. The van der Waals surface area contributed by atoms with Gasteiger partial charge in [0.15, 0.2) is 0 Å². The van der Waals surface area contributed by atoms with Crippen molar-refractivity contribution in [3.05, 3.63) is 40.4 Å². The minimum absolute atomic E-state index is 0.284. The van der Waals surface area contributed by atoms with Crippen LogP contribution in [0.4, 0.5) is 4.39 Å². The van der Waals surface area contributed by atoms with E-state index in [9.17, 15) is 4.39 Å². The first-order valence-corrected chi connectivity index (χ1v) is 4.93. The quantitative estimate of drug-likeness (QED) is 0.832. The Bertz CT molecular complexity index is 465. The molecule has 0 aliphatic carbocycles. The molecule has 1 aromatic carbocycles. The van der Waals surface area contributed by atoms with E-state index in [1.807, 2.05) is 6.92 Å². The number of benzene rings is 1. The van der Waals surface area contributed by atoms with Crippen LogP contribution in [0.2, 0.25) is 0 Å². The summed E-state index contributed by atoms with van der Waals surface area (Å²) in [6, 6.07) is 4.90. The Labute approximate surface area is 89.3 Å². The Hall–Kier alpha value is -1.16. The van der Waals surface area contributed by atoms with Crippen molar-refractivity contribution in [2.45, 2.75) is 6.92 Å². The first kappa shape index (κ1) is 9.40. The molecule has 0 aliphatic heterocycles. The number of nitrogens with zero attached hydrogens (tertiary/aromatic N) is 1. The molecule has 4 heteroatoms. The van der Waals surface area contributed by atoms with E-state index < -0.39 is 0 Å². The molecule has 2 rings (SSSR count). The Kier molecular flexibility index (Phi) is 2.37. The van der Waals surface area contributed by atoms with E-state index in [2.05, 4.69) is 25.9 Å². The summed E-state index contributed by atoms with van der Waals surface area (Å²) >= 11 is 3.20. The van der Waals surface area contributed by atoms with Gasteiger partial charge < -0.3 is 4.98 Å². The maximum atomic E-state index is 13.5. The lowest BCUT2D eigenvalue weighted by Gasteiger charge is -1.99. The molecule has 2 nitrogen and oxygen atoms in total. The van der Waals surface area contributed by atoms with Crippen molar-refractivity contribution in [1.82, 2.24) is 9.97 Å². The third-order valence-corrected chi connectivity index (χ3v) is 2.38. The highest BCUT2D eigenvalue weighted by Gasteiger charge is 2.07. The molecule has 1 aromatic heterocycles. The van der Waals surface area contributed by atoms with Crippen molar-refractivity contribution in [1.29, 1.82) is 0 Å². The van der Waals surface area contributed by atoms with E-state index >= 15 is 0 Å². The zero-order valence-corrected chi connectivity index (χ0v) is 9.10. The van der Waals surface area contributed by atoms with Gasteiger partial charge in [-0.05, 0) is 25.1 Å². The topological polar surface area (TPSA) is 28.7 Å². The predicted octanol–water partition coefficient (Wildman–Crippen LogP) is 3.29. The smallest absolute Gasteiger partial charge is 0.140 e. The molecule has 0 amide bonds. The molecule has 0 spiro atoms. The number of H-pyrrole nitrogens is 1. The van der Waals surface area contributed by atoms with Crippen molar-refractivity contribution in [3.63, 3.8) is 0 Å². The van der Waals surface area contributed by atoms with Gasteiger partial charge in [-0.1, -0.05) is 15.9 Å². The maximum Gasteiger partial charge on any atom is 0.140 e. The molecular weight excluding hydrogens is 247 g/mol. The fourth-order valence-corrected chi connectivity index (χ4v) is 1.56. The summed E-state index contributed by atoms with van der Waals surface area (Å²) < 4.78 is 14.2. The Morgan fingerprint density at radius 3 is 2.79 bits per heavy atom. The lowest BCUT2D eigenvalue weighted by Crippen LogP contribution is -1.86. The summed E-state index contributed by atoms with van der Waals surface area (Å²) in [5.41, 5.74) is 1.41. The molecule has 0 aliphatic rings. The highest BCUT2D eigenvalue weighted by Crippen LogP contribution is 2.22. The minimum Gasteiger partial charge on any atom is -0.342 e. The highest BCUT2D eigenvalue weighted by molar-refractivity contribution is 9.10. The van der Waals surface area contributed by atoms with Gasteiger partial charge in [-0.25, -0.2) is 9.37 Å². The lowest BCUT2D eigenvalue weighted by molar-refractivity contribution is 0.629. The van der Waals surface area contributed by atoms with E-state index in [0.717, 1.165) is 10.2 Å². The summed E-state index contributed by atoms with van der Waals surface area (Å²) in [4.78, 5) is 7.05. The summed E-state index contributed by atoms with van der Waals surface area (Å²) in [5.74, 6) is 0.279. The van der Waals surface area contributed by atoms with E-state index in [-0.39, 0.29) is 5.82 Å². The molecule has 72 valence electrons. The van der Waals surface area contributed by atoms with Gasteiger partial charge in [0.2, 0.25) is 0 Å². The number of rotatable bonds is 1. The van der Waals surface area contributed by atoms with Gasteiger partial charge in [-0.2, -0.15) is 0 Å². The van der Waals surface area contributed by atoms with Crippen LogP contribution >= 0.6 is 15.9 Å². The van der Waals surface area contributed by atoms with Crippen LogP contribution in [0.25, 0.3) is 11.4 Å². The van der Waals surface area contributed by atoms with Crippen LogP contribution < -0.4 is 0 Å². The van der Waals surface area contributed by atoms with Crippen LogP contribution in [0.5, 0.6) is 0 Å². The zero-order chi connectivity index (χ0) is 10.1. The van der Waals surface area contributed by atoms with Gasteiger partial charge in [0.25, 0.3) is 0 Å². The molecule has 14 heavy (non-hydrogen) atoms. The van der Waals surface area contributed by atoms with Crippen molar-refractivity contribution in [2.24, 2.45) is 0 Å². The summed E-state index contributed by atoms with van der Waals surface area (Å²) in [7, 11) is 0. The fraction of sp³-hybridized carbons (Fsp3) is 0.100. The van der Waals surface area contributed by atoms with Crippen LogP contribution in [0, 0.1) is 12.7 Å². The molecule has 0 unspecified atom stereocenters. The van der Waals surface area contributed by atoms with Crippen LogP contribution in [0.3, 0.4) is 0 Å². The molecule has 1 heterocycles. The van der Waals surface area contributed by atoms with Gasteiger partial charge in [0.05, 0.1) is 5.56 Å². The third-order valence-electron chi connectivity index (χ3n) is 1.89. The van der Waals surface area contributed by atoms with Crippen molar-refractivity contribution < 1.29 is 4.39 Å². The fourth-order valence-electron chi connectivity index (χ4n) is 1.23. The number of nitrogens with one attached hydrogen (secondary N) is 1. The number of aromatic amines is 1. The second-order valence-corrected chi connectivity index (χ2v) is 3.95. The first-order valence-electron chi connectivity index (χ1n) is 4.14. The monoisotopic (exact) mass is 254 g/mol. The van der Waals surface area contributed by atoms with Gasteiger partial charge in [0.1, 0.15) is 11.6 Å². The molecule has 0 atom stereocenters. The maximum absolute atomic E-state index is 13.5. The molecule has 0 fully saturated rings. The van der Waals surface area contributed by atoms with Crippen LogP contribution in [0.1, 0.15) is 5.69 Å². The number of halogens is 2. The third kappa shape index (κ3) is 1.70. The minimum atomic E-state index is -0.284. The summed E-state index contributed by atoms with van der Waals surface area (Å²) in [5, 5.41) is 0. The second-order valence-electron chi connectivity index (χ2n) is 3.04. The van der Waals surface area contributed by atoms with E-state index in [1.165, 1.54) is 6.07 Å². The van der Waals surface area contributed by atoms with Crippen LogP contribution in [-0.2, 0) is 0 Å². The van der Waals surface area contributed by atoms with E-state index in [1.54, 1.807) is 18.3 Å². The first-order chi connectivity index (χ1) is 6.66. The number of hydrogen-bond donors (Lipinski definition) is 1. The van der Waals surface area contributed by atoms with Crippen molar-refractivity contribution in [2.75, 3.05) is 0 Å². The Balaban J connectivity index is 2.52. The molecule has 0 bridgehead atoms. The largest absolute Gasteiger partial charge is 0.342 e. The van der Waals surface area contributed by atoms with E-state index in [4.69, 9.17) is 0 Å². The van der Waals surface area contributed by atoms with Crippen LogP contribution in [0.15, 0.2) is 28.9 Å². The van der Waals surface area contributed by atoms with Crippen molar-refractivity contribution in [3.8, 4) is 11.4 Å². The van der Waals surface area contributed by atoms with Crippen LogP contribution in [-0.4, -0.2) is 9.97 Å². The number of aryl methyl sites for hydroxylation is 1. The summed E-state index contributed by atoms with van der Waals surface area (Å²) in [6.45, 7) is 1.88. The van der Waals surface area contributed by atoms with Gasteiger partial charge in [-0.15, -0.1) is 0 Å². The summed E-state index contributed by atoms with van der Waals surface area (Å²) in [6.07, 6.45) is 1.68. The van der Waals surface area contributed by atoms with Gasteiger partial charge in [0, 0.05) is 16.4 Å². The number of aromatic nitrogens is 2. The SMILES string of the molecule is Cc1cnc(-c2ccc(Br)cc2F)[nH]1. The average Bonchev–Trinajstić information content (AvgIpc) is 2.51. The number of imidazole rings is 1. The second kappa shape index (κ2) is 3.53. The standard InChI is InChI=1S/C10H8BrFN2/c1-6-5-13-10(14-6)8-3-2-7(11)4-9(8)12/h2-5H,1H3,(H,13,14). The lowest BCUT2D eigenvalue weighted by atomic mass is 10.2. The van der Waals surface area contributed by atoms with Crippen molar-refractivity contribution >= 4 is 15.9 Å². The van der Waals surface area contributed by atoms with Gasteiger partial charge >= 0.3 is 0 Å². The zero-order valence-electron chi connectivity index (χ0n) is 7.51.